The van der Waals surface area contributed by atoms with Gasteiger partial charge in [0.15, 0.2) is 6.17 Å². The molecule has 3 nitrogen and oxygen atoms in total. The molecule has 1 unspecified atom stereocenters. The number of alkyl halides is 3. The van der Waals surface area contributed by atoms with Crippen LogP contribution in [0.25, 0.3) is 0 Å². The van der Waals surface area contributed by atoms with E-state index in [0.29, 0.717) is 0 Å². The van der Waals surface area contributed by atoms with Gasteiger partial charge in [0, 0.05) is 0 Å². The monoisotopic (exact) mass is 268 g/mol. The van der Waals surface area contributed by atoms with Gasteiger partial charge in [-0.15, -0.1) is 0 Å². The van der Waals surface area contributed by atoms with Crippen molar-refractivity contribution < 1.29 is 25.8 Å². The van der Waals surface area contributed by atoms with E-state index < -0.39 is 29.3 Å². The van der Waals surface area contributed by atoms with Gasteiger partial charge in [0.05, 0.1) is 4.90 Å². The average molecular weight is 268 g/mol. The predicted molar refractivity (Wildman–Crippen MR) is 55.2 cm³/mol. The van der Waals surface area contributed by atoms with Crippen LogP contribution in [0.5, 0.6) is 0 Å². The van der Waals surface area contributed by atoms with Gasteiger partial charge in [-0.05, 0) is 19.1 Å². The first kappa shape index (κ1) is 14.0. The maximum Gasteiger partial charge on any atom is 0.297 e. The molecule has 0 saturated heterocycles. The van der Waals surface area contributed by atoms with Crippen LogP contribution in [0.1, 0.15) is 5.56 Å². The van der Waals surface area contributed by atoms with E-state index >= 15 is 0 Å². The normalized spacial score (nSPS) is 13.9. The van der Waals surface area contributed by atoms with Crippen LogP contribution in [-0.2, 0) is 14.3 Å². The molecule has 17 heavy (non-hydrogen) atoms. The van der Waals surface area contributed by atoms with E-state index in [4.69, 9.17) is 0 Å². The lowest BCUT2D eigenvalue weighted by atomic mass is 10.2. The summed E-state index contributed by atoms with van der Waals surface area (Å²) in [5, 5.41) is 0. The Labute approximate surface area is 97.3 Å². The third-order valence-electron chi connectivity index (χ3n) is 1.97. The van der Waals surface area contributed by atoms with Crippen molar-refractivity contribution in [3.05, 3.63) is 29.8 Å². The molecule has 1 atom stereocenters. The Hall–Kier alpha value is -1.08. The smallest absolute Gasteiger partial charge is 0.263 e. The predicted octanol–water partition coefficient (Wildman–Crippen LogP) is 2.30. The highest BCUT2D eigenvalue weighted by molar-refractivity contribution is 7.86. The second-order valence-electron chi connectivity index (χ2n) is 3.40. The molecule has 7 heteroatoms. The van der Waals surface area contributed by atoms with E-state index in [1.807, 2.05) is 0 Å². The Morgan fingerprint density at radius 3 is 2.18 bits per heavy atom. The summed E-state index contributed by atoms with van der Waals surface area (Å²) in [4.78, 5) is -0.190. The quantitative estimate of drug-likeness (QED) is 0.770. The van der Waals surface area contributed by atoms with Gasteiger partial charge in [-0.25, -0.2) is 13.2 Å². The summed E-state index contributed by atoms with van der Waals surface area (Å²) in [6, 6.07) is 5.58. The first-order chi connectivity index (χ1) is 7.83. The maximum absolute atomic E-state index is 12.5. The molecule has 1 rings (SSSR count). The van der Waals surface area contributed by atoms with Gasteiger partial charge in [0.25, 0.3) is 16.5 Å². The molecule has 0 amide bonds. The summed E-state index contributed by atoms with van der Waals surface area (Å²) in [5.74, 6) is 0. The molecule has 0 N–H and O–H groups in total. The fraction of sp³-hybridized carbons (Fsp3) is 0.400. The van der Waals surface area contributed by atoms with E-state index in [-0.39, 0.29) is 4.90 Å². The maximum atomic E-state index is 12.5. The zero-order valence-corrected chi connectivity index (χ0v) is 9.75. The van der Waals surface area contributed by atoms with E-state index in [1.165, 1.54) is 24.3 Å². The Kier molecular flexibility index (Phi) is 4.53. The van der Waals surface area contributed by atoms with Gasteiger partial charge < -0.3 is 0 Å². The summed E-state index contributed by atoms with van der Waals surface area (Å²) >= 11 is 0. The highest BCUT2D eigenvalue weighted by Crippen LogP contribution is 2.15. The number of rotatable bonds is 5. The van der Waals surface area contributed by atoms with Gasteiger partial charge in [-0.3, -0.25) is 4.18 Å². The molecule has 96 valence electrons. The fourth-order valence-electron chi connectivity index (χ4n) is 1.00. The molecule has 0 aliphatic carbocycles. The molecular formula is C10H11F3O3S. The topological polar surface area (TPSA) is 43.4 Å². The van der Waals surface area contributed by atoms with Crippen LogP contribution in [0, 0.1) is 6.92 Å². The van der Waals surface area contributed by atoms with Crippen molar-refractivity contribution >= 4 is 10.1 Å². The Balaban J connectivity index is 2.72. The molecule has 0 radical (unpaired) electrons. The Morgan fingerprint density at radius 1 is 1.18 bits per heavy atom. The minimum atomic E-state index is -4.18. The van der Waals surface area contributed by atoms with Gasteiger partial charge in [-0.2, -0.15) is 8.42 Å². The number of benzene rings is 1. The summed E-state index contributed by atoms with van der Waals surface area (Å²) < 4.78 is 63.2. The van der Waals surface area contributed by atoms with Crippen LogP contribution in [0.2, 0.25) is 0 Å². The van der Waals surface area contributed by atoms with Crippen molar-refractivity contribution in [1.29, 1.82) is 0 Å². The lowest BCUT2D eigenvalue weighted by Crippen LogP contribution is -2.21. The van der Waals surface area contributed by atoms with Gasteiger partial charge in [0.1, 0.15) is 6.61 Å². The summed E-state index contributed by atoms with van der Waals surface area (Å²) in [5.41, 5.74) is 0.833. The second kappa shape index (κ2) is 5.50. The van der Waals surface area contributed by atoms with Crippen molar-refractivity contribution in [3.8, 4) is 0 Å². The standard InChI is InChI=1S/C10H11F3O3S/c1-7-2-4-8(5-3-7)17(14,15)16-6-9(11)10(12)13/h2-5,9-10H,6H2,1H3. The first-order valence-corrected chi connectivity index (χ1v) is 6.12. The molecule has 0 aliphatic rings. The van der Waals surface area contributed by atoms with Crippen molar-refractivity contribution in [1.82, 2.24) is 0 Å². The number of halogens is 3. The number of aryl methyl sites for hydroxylation is 1. The highest BCUT2D eigenvalue weighted by Gasteiger charge is 2.24. The molecule has 0 fully saturated rings. The average Bonchev–Trinajstić information content (AvgIpc) is 2.26. The van der Waals surface area contributed by atoms with E-state index in [1.54, 1.807) is 6.92 Å². The van der Waals surface area contributed by atoms with Crippen LogP contribution in [0.15, 0.2) is 29.2 Å². The highest BCUT2D eigenvalue weighted by atomic mass is 32.2. The van der Waals surface area contributed by atoms with Gasteiger partial charge >= 0.3 is 0 Å². The molecule has 0 saturated carbocycles. The minimum absolute atomic E-state index is 0.190. The van der Waals surface area contributed by atoms with Crippen molar-refractivity contribution in [2.24, 2.45) is 0 Å². The van der Waals surface area contributed by atoms with Crippen molar-refractivity contribution in [3.63, 3.8) is 0 Å². The summed E-state index contributed by atoms with van der Waals surface area (Å²) in [7, 11) is -4.18. The minimum Gasteiger partial charge on any atom is -0.263 e. The molecule has 0 aromatic heterocycles. The fourth-order valence-corrected chi connectivity index (χ4v) is 1.91. The third-order valence-corrected chi connectivity index (χ3v) is 3.26. The van der Waals surface area contributed by atoms with Crippen LogP contribution in [-0.4, -0.2) is 27.6 Å². The lowest BCUT2D eigenvalue weighted by Gasteiger charge is -2.08. The number of hydrogen-bond acceptors (Lipinski definition) is 3. The third kappa shape index (κ3) is 4.01. The second-order valence-corrected chi connectivity index (χ2v) is 5.02. The Morgan fingerprint density at radius 2 is 1.71 bits per heavy atom. The molecule has 0 aliphatic heterocycles. The zero-order valence-electron chi connectivity index (χ0n) is 8.94. The largest absolute Gasteiger partial charge is 0.297 e. The molecule has 0 bridgehead atoms. The molecule has 0 spiro atoms. The SMILES string of the molecule is Cc1ccc(S(=O)(=O)OCC(F)C(F)F)cc1. The molecule has 1 aromatic carbocycles. The van der Waals surface area contributed by atoms with Crippen molar-refractivity contribution in [2.75, 3.05) is 6.61 Å². The zero-order chi connectivity index (χ0) is 13.1. The molecule has 1 aromatic rings. The van der Waals surface area contributed by atoms with E-state index in [9.17, 15) is 21.6 Å². The first-order valence-electron chi connectivity index (χ1n) is 4.71. The Bertz CT molecular complexity index is 456. The number of hydrogen-bond donors (Lipinski definition) is 0. The van der Waals surface area contributed by atoms with Crippen LogP contribution in [0.3, 0.4) is 0 Å². The van der Waals surface area contributed by atoms with Crippen LogP contribution < -0.4 is 0 Å². The molecule has 0 heterocycles. The van der Waals surface area contributed by atoms with Crippen LogP contribution >= 0.6 is 0 Å². The lowest BCUT2D eigenvalue weighted by molar-refractivity contribution is 0.0246. The van der Waals surface area contributed by atoms with E-state index in [0.717, 1.165) is 5.56 Å². The molecular weight excluding hydrogens is 257 g/mol. The van der Waals surface area contributed by atoms with Gasteiger partial charge in [-0.1, -0.05) is 17.7 Å². The van der Waals surface area contributed by atoms with Gasteiger partial charge in [0.2, 0.25) is 0 Å². The van der Waals surface area contributed by atoms with E-state index in [2.05, 4.69) is 4.18 Å². The van der Waals surface area contributed by atoms with Crippen molar-refractivity contribution in [2.45, 2.75) is 24.4 Å². The summed E-state index contributed by atoms with van der Waals surface area (Å²) in [6.07, 6.45) is -5.88. The summed E-state index contributed by atoms with van der Waals surface area (Å²) in [6.45, 7) is 0.569. The van der Waals surface area contributed by atoms with Crippen LogP contribution in [0.4, 0.5) is 13.2 Å².